The molecule has 2 amide bonds. The Bertz CT molecular complexity index is 661. The molecule has 3 nitrogen and oxygen atoms in total. The van der Waals surface area contributed by atoms with Crippen molar-refractivity contribution < 1.29 is 4.79 Å². The summed E-state index contributed by atoms with van der Waals surface area (Å²) in [5, 5.41) is 6.53. The highest BCUT2D eigenvalue weighted by molar-refractivity contribution is 6.30. The first-order chi connectivity index (χ1) is 10.8. The van der Waals surface area contributed by atoms with Crippen LogP contribution in [0, 0.1) is 0 Å². The highest BCUT2D eigenvalue weighted by Gasteiger charge is 2.22. The molecule has 0 fully saturated rings. The Labute approximate surface area is 143 Å². The summed E-state index contributed by atoms with van der Waals surface area (Å²) < 4.78 is 0. The average molecular weight is 331 g/mol. The maximum absolute atomic E-state index is 12.2. The van der Waals surface area contributed by atoms with Crippen LogP contribution in [0.25, 0.3) is 0 Å². The Morgan fingerprint density at radius 1 is 1.00 bits per heavy atom. The molecule has 2 aromatic carbocycles. The van der Waals surface area contributed by atoms with E-state index in [1.54, 1.807) is 0 Å². The fourth-order valence-corrected chi connectivity index (χ4v) is 2.46. The Hall–Kier alpha value is -2.00. The van der Waals surface area contributed by atoms with E-state index in [2.05, 4.69) is 24.5 Å². The number of benzene rings is 2. The van der Waals surface area contributed by atoms with Crippen LogP contribution in [-0.2, 0) is 5.54 Å². The van der Waals surface area contributed by atoms with Crippen molar-refractivity contribution in [3.8, 4) is 0 Å². The van der Waals surface area contributed by atoms with Crippen LogP contribution < -0.4 is 10.6 Å². The Balaban J connectivity index is 2.02. The van der Waals surface area contributed by atoms with Crippen molar-refractivity contribution in [2.45, 2.75) is 39.2 Å². The number of nitrogens with one attached hydrogen (secondary N) is 2. The standard InChI is InChI=1S/C19H23ClN2O/c1-13(2)14-5-11-17(12-6-14)21-18(23)22-19(3,4)15-7-9-16(20)10-8-15/h5-13H,1-4H3,(H2,21,22,23). The van der Waals surface area contributed by atoms with Crippen LogP contribution in [-0.4, -0.2) is 6.03 Å². The first-order valence-electron chi connectivity index (χ1n) is 7.73. The number of rotatable bonds is 4. The van der Waals surface area contributed by atoms with E-state index in [-0.39, 0.29) is 6.03 Å². The van der Waals surface area contributed by atoms with Crippen molar-refractivity contribution in [2.24, 2.45) is 0 Å². The molecule has 0 heterocycles. The van der Waals surface area contributed by atoms with E-state index in [9.17, 15) is 4.79 Å². The molecule has 122 valence electrons. The molecule has 0 saturated heterocycles. The predicted octanol–water partition coefficient (Wildman–Crippen LogP) is 5.52. The SMILES string of the molecule is CC(C)c1ccc(NC(=O)NC(C)(C)c2ccc(Cl)cc2)cc1. The van der Waals surface area contributed by atoms with Crippen molar-refractivity contribution in [3.05, 3.63) is 64.7 Å². The first-order valence-corrected chi connectivity index (χ1v) is 8.11. The molecular formula is C19H23ClN2O. The minimum Gasteiger partial charge on any atom is -0.329 e. The average Bonchev–Trinajstić information content (AvgIpc) is 2.47. The lowest BCUT2D eigenvalue weighted by molar-refractivity contribution is 0.242. The molecule has 4 heteroatoms. The van der Waals surface area contributed by atoms with Gasteiger partial charge in [0.15, 0.2) is 0 Å². The van der Waals surface area contributed by atoms with Crippen LogP contribution in [0.1, 0.15) is 44.7 Å². The van der Waals surface area contributed by atoms with E-state index in [0.29, 0.717) is 10.9 Å². The Kier molecular flexibility index (Phi) is 5.32. The quantitative estimate of drug-likeness (QED) is 0.761. The second-order valence-electron chi connectivity index (χ2n) is 6.49. The topological polar surface area (TPSA) is 41.1 Å². The number of carbonyl (C=O) groups is 1. The van der Waals surface area contributed by atoms with Gasteiger partial charge in [-0.25, -0.2) is 4.79 Å². The number of anilines is 1. The van der Waals surface area contributed by atoms with Gasteiger partial charge in [0, 0.05) is 10.7 Å². The van der Waals surface area contributed by atoms with Gasteiger partial charge in [-0.1, -0.05) is 49.7 Å². The van der Waals surface area contributed by atoms with Crippen LogP contribution in [0.15, 0.2) is 48.5 Å². The summed E-state index contributed by atoms with van der Waals surface area (Å²) >= 11 is 5.91. The second kappa shape index (κ2) is 7.05. The molecular weight excluding hydrogens is 308 g/mol. The van der Waals surface area contributed by atoms with Crippen LogP contribution >= 0.6 is 11.6 Å². The molecule has 2 aromatic rings. The smallest absolute Gasteiger partial charge is 0.319 e. The van der Waals surface area contributed by atoms with Gasteiger partial charge in [-0.15, -0.1) is 0 Å². The summed E-state index contributed by atoms with van der Waals surface area (Å²) in [4.78, 5) is 12.2. The molecule has 0 aliphatic carbocycles. The highest BCUT2D eigenvalue weighted by Crippen LogP contribution is 2.22. The van der Waals surface area contributed by atoms with Gasteiger partial charge >= 0.3 is 6.03 Å². The molecule has 0 saturated carbocycles. The van der Waals surface area contributed by atoms with E-state index >= 15 is 0 Å². The van der Waals surface area contributed by atoms with Gasteiger partial charge in [-0.2, -0.15) is 0 Å². The zero-order chi connectivity index (χ0) is 17.0. The minimum absolute atomic E-state index is 0.234. The number of hydrogen-bond donors (Lipinski definition) is 2. The van der Waals surface area contributed by atoms with E-state index in [1.807, 2.05) is 62.4 Å². The van der Waals surface area contributed by atoms with Crippen LogP contribution in [0.3, 0.4) is 0 Å². The molecule has 0 aromatic heterocycles. The lowest BCUT2D eigenvalue weighted by atomic mass is 9.94. The normalized spacial score (nSPS) is 11.4. The van der Waals surface area contributed by atoms with Gasteiger partial charge in [0.2, 0.25) is 0 Å². The van der Waals surface area contributed by atoms with E-state index in [1.165, 1.54) is 5.56 Å². The summed E-state index contributed by atoms with van der Waals surface area (Å²) in [6.45, 7) is 8.20. The van der Waals surface area contributed by atoms with Gasteiger partial charge in [0.25, 0.3) is 0 Å². The lowest BCUT2D eigenvalue weighted by Gasteiger charge is -2.27. The van der Waals surface area contributed by atoms with Gasteiger partial charge in [0.1, 0.15) is 0 Å². The maximum Gasteiger partial charge on any atom is 0.319 e. The fraction of sp³-hybridized carbons (Fsp3) is 0.316. The molecule has 0 bridgehead atoms. The van der Waals surface area contributed by atoms with Gasteiger partial charge in [-0.05, 0) is 55.2 Å². The van der Waals surface area contributed by atoms with Crippen molar-refractivity contribution in [1.82, 2.24) is 5.32 Å². The number of hydrogen-bond acceptors (Lipinski definition) is 1. The van der Waals surface area contributed by atoms with Crippen LogP contribution in [0.5, 0.6) is 0 Å². The zero-order valence-electron chi connectivity index (χ0n) is 14.0. The molecule has 0 radical (unpaired) electrons. The van der Waals surface area contributed by atoms with Crippen molar-refractivity contribution in [3.63, 3.8) is 0 Å². The Morgan fingerprint density at radius 3 is 2.09 bits per heavy atom. The number of amides is 2. The summed E-state index contributed by atoms with van der Waals surface area (Å²) in [7, 11) is 0. The number of urea groups is 1. The number of carbonyl (C=O) groups excluding carboxylic acids is 1. The highest BCUT2D eigenvalue weighted by atomic mass is 35.5. The van der Waals surface area contributed by atoms with Gasteiger partial charge in [-0.3, -0.25) is 0 Å². The molecule has 2 N–H and O–H groups in total. The fourth-order valence-electron chi connectivity index (χ4n) is 2.34. The zero-order valence-corrected chi connectivity index (χ0v) is 14.7. The third-order valence-electron chi connectivity index (χ3n) is 3.83. The van der Waals surface area contributed by atoms with Crippen molar-refractivity contribution in [1.29, 1.82) is 0 Å². The summed E-state index contributed by atoms with van der Waals surface area (Å²) in [6.07, 6.45) is 0. The van der Waals surface area contributed by atoms with E-state index < -0.39 is 5.54 Å². The molecule has 0 unspecified atom stereocenters. The predicted molar refractivity (Wildman–Crippen MR) is 97.2 cm³/mol. The third kappa shape index (κ3) is 4.73. The van der Waals surface area contributed by atoms with E-state index in [4.69, 9.17) is 11.6 Å². The molecule has 0 aliphatic rings. The lowest BCUT2D eigenvalue weighted by Crippen LogP contribution is -2.43. The molecule has 23 heavy (non-hydrogen) atoms. The summed E-state index contributed by atoms with van der Waals surface area (Å²) in [5.41, 5.74) is 2.52. The second-order valence-corrected chi connectivity index (χ2v) is 6.92. The largest absolute Gasteiger partial charge is 0.329 e. The van der Waals surface area contributed by atoms with Gasteiger partial charge < -0.3 is 10.6 Å². The van der Waals surface area contributed by atoms with Crippen LogP contribution in [0.4, 0.5) is 10.5 Å². The molecule has 0 spiro atoms. The van der Waals surface area contributed by atoms with Gasteiger partial charge in [0.05, 0.1) is 5.54 Å². The Morgan fingerprint density at radius 2 is 1.57 bits per heavy atom. The minimum atomic E-state index is -0.494. The third-order valence-corrected chi connectivity index (χ3v) is 4.08. The monoisotopic (exact) mass is 330 g/mol. The molecule has 0 atom stereocenters. The number of halogens is 1. The molecule has 2 rings (SSSR count). The summed E-state index contributed by atoms with van der Waals surface area (Å²) in [5.74, 6) is 0.474. The van der Waals surface area contributed by atoms with Crippen LogP contribution in [0.2, 0.25) is 5.02 Å². The van der Waals surface area contributed by atoms with Crippen molar-refractivity contribution in [2.75, 3.05) is 5.32 Å². The van der Waals surface area contributed by atoms with Crippen molar-refractivity contribution >= 4 is 23.3 Å². The van der Waals surface area contributed by atoms with E-state index in [0.717, 1.165) is 11.3 Å². The summed E-state index contributed by atoms with van der Waals surface area (Å²) in [6, 6.07) is 15.2. The maximum atomic E-state index is 12.2. The molecule has 0 aliphatic heterocycles. The first kappa shape index (κ1) is 17.4.